The van der Waals surface area contributed by atoms with Crippen molar-refractivity contribution in [2.75, 3.05) is 0 Å². The van der Waals surface area contributed by atoms with E-state index in [0.29, 0.717) is 10.0 Å². The summed E-state index contributed by atoms with van der Waals surface area (Å²) in [5.41, 5.74) is 0.302. The Bertz CT molecular complexity index is 503. The molecule has 0 saturated heterocycles. The Labute approximate surface area is 117 Å². The average molecular weight is 330 g/mol. The molecule has 6 nitrogen and oxygen atoms in total. The Hall–Kier alpha value is -1.89. The first-order chi connectivity index (χ1) is 8.90. The van der Waals surface area contributed by atoms with Crippen LogP contribution in [0.3, 0.4) is 0 Å². The first kappa shape index (κ1) is 15.2. The minimum absolute atomic E-state index is 0.162. The van der Waals surface area contributed by atoms with Crippen molar-refractivity contribution in [1.82, 2.24) is 5.32 Å². The van der Waals surface area contributed by atoms with Crippen LogP contribution in [0.1, 0.15) is 23.2 Å². The van der Waals surface area contributed by atoms with Crippen LogP contribution in [0.15, 0.2) is 28.7 Å². The second-order valence-electron chi connectivity index (χ2n) is 3.81. The standard InChI is InChI=1S/C12H12BrNO5/c13-8-3-1-2-7(6-8)11(17)14-9(12(18)19)4-5-10(15)16/h1-3,6,9H,4-5H2,(H,14,17)(H,15,16)(H,18,19)/t9-/m1/s1. The zero-order valence-corrected chi connectivity index (χ0v) is 11.4. The second-order valence-corrected chi connectivity index (χ2v) is 4.72. The minimum atomic E-state index is -1.26. The number of carboxylic acid groups (broad SMARTS) is 2. The van der Waals surface area contributed by atoms with Crippen LogP contribution in [0.25, 0.3) is 0 Å². The SMILES string of the molecule is O=C(O)CC[C@@H](NC(=O)c1cccc(Br)c1)C(=O)O. The smallest absolute Gasteiger partial charge is 0.326 e. The maximum Gasteiger partial charge on any atom is 0.326 e. The van der Waals surface area contributed by atoms with Crippen molar-refractivity contribution < 1.29 is 24.6 Å². The van der Waals surface area contributed by atoms with Crippen LogP contribution < -0.4 is 5.32 Å². The van der Waals surface area contributed by atoms with Gasteiger partial charge in [-0.3, -0.25) is 9.59 Å². The summed E-state index contributed by atoms with van der Waals surface area (Å²) >= 11 is 3.20. The highest BCUT2D eigenvalue weighted by Crippen LogP contribution is 2.12. The fourth-order valence-electron chi connectivity index (χ4n) is 1.40. The first-order valence-electron chi connectivity index (χ1n) is 5.41. The zero-order valence-electron chi connectivity index (χ0n) is 9.80. The molecule has 1 amide bonds. The van der Waals surface area contributed by atoms with Gasteiger partial charge in [-0.05, 0) is 24.6 Å². The van der Waals surface area contributed by atoms with Crippen LogP contribution in [-0.2, 0) is 9.59 Å². The minimum Gasteiger partial charge on any atom is -0.481 e. The molecule has 1 aromatic rings. The third-order valence-corrected chi connectivity index (χ3v) is 2.83. The summed E-state index contributed by atoms with van der Waals surface area (Å²) in [4.78, 5) is 33.2. The third-order valence-electron chi connectivity index (χ3n) is 2.34. The second kappa shape index (κ2) is 6.89. The monoisotopic (exact) mass is 329 g/mol. The molecule has 1 atom stereocenters. The molecule has 19 heavy (non-hydrogen) atoms. The Morgan fingerprint density at radius 3 is 2.47 bits per heavy atom. The largest absolute Gasteiger partial charge is 0.481 e. The summed E-state index contributed by atoms with van der Waals surface area (Å²) in [5.74, 6) is -2.92. The van der Waals surface area contributed by atoms with Gasteiger partial charge in [0.15, 0.2) is 0 Å². The first-order valence-corrected chi connectivity index (χ1v) is 6.20. The maximum atomic E-state index is 11.8. The summed E-state index contributed by atoms with van der Waals surface area (Å²) in [5, 5.41) is 19.7. The summed E-state index contributed by atoms with van der Waals surface area (Å²) in [6.45, 7) is 0. The van der Waals surface area contributed by atoms with Gasteiger partial charge in [-0.25, -0.2) is 4.79 Å². The van der Waals surface area contributed by atoms with E-state index in [4.69, 9.17) is 10.2 Å². The van der Waals surface area contributed by atoms with Crippen LogP contribution in [-0.4, -0.2) is 34.1 Å². The highest BCUT2D eigenvalue weighted by molar-refractivity contribution is 9.10. The van der Waals surface area contributed by atoms with Crippen LogP contribution in [0.5, 0.6) is 0 Å². The molecule has 0 fully saturated rings. The van der Waals surface area contributed by atoms with Crippen molar-refractivity contribution in [3.63, 3.8) is 0 Å². The molecule has 7 heteroatoms. The van der Waals surface area contributed by atoms with Crippen LogP contribution in [0, 0.1) is 0 Å². The average Bonchev–Trinajstić information content (AvgIpc) is 2.33. The molecule has 0 heterocycles. The number of hydrogen-bond acceptors (Lipinski definition) is 3. The van der Waals surface area contributed by atoms with E-state index in [0.717, 1.165) is 0 Å². The molecule has 0 saturated carbocycles. The number of nitrogens with one attached hydrogen (secondary N) is 1. The Balaban J connectivity index is 2.71. The van der Waals surface area contributed by atoms with Crippen molar-refractivity contribution in [3.8, 4) is 0 Å². The lowest BCUT2D eigenvalue weighted by Crippen LogP contribution is -2.41. The van der Waals surface area contributed by atoms with Gasteiger partial charge in [0, 0.05) is 16.5 Å². The van der Waals surface area contributed by atoms with E-state index in [1.165, 1.54) is 6.07 Å². The van der Waals surface area contributed by atoms with E-state index in [9.17, 15) is 14.4 Å². The van der Waals surface area contributed by atoms with Gasteiger partial charge in [-0.1, -0.05) is 22.0 Å². The molecular formula is C12H12BrNO5. The highest BCUT2D eigenvalue weighted by Gasteiger charge is 2.21. The molecule has 0 bridgehead atoms. The summed E-state index contributed by atoms with van der Waals surface area (Å²) in [7, 11) is 0. The van der Waals surface area contributed by atoms with Crippen molar-refractivity contribution in [1.29, 1.82) is 0 Å². The lowest BCUT2D eigenvalue weighted by molar-refractivity contribution is -0.140. The molecule has 3 N–H and O–H groups in total. The predicted octanol–water partition coefficient (Wildman–Crippen LogP) is 1.50. The van der Waals surface area contributed by atoms with Gasteiger partial charge in [-0.15, -0.1) is 0 Å². The third kappa shape index (κ3) is 5.09. The van der Waals surface area contributed by atoms with Gasteiger partial charge in [0.05, 0.1) is 0 Å². The van der Waals surface area contributed by atoms with E-state index in [2.05, 4.69) is 21.2 Å². The number of rotatable bonds is 6. The number of benzene rings is 1. The summed E-state index contributed by atoms with van der Waals surface area (Å²) < 4.78 is 0.692. The van der Waals surface area contributed by atoms with Crippen molar-refractivity contribution >= 4 is 33.8 Å². The molecule has 0 aliphatic carbocycles. The van der Waals surface area contributed by atoms with Gasteiger partial charge in [0.25, 0.3) is 5.91 Å². The van der Waals surface area contributed by atoms with Gasteiger partial charge in [0.2, 0.25) is 0 Å². The lowest BCUT2D eigenvalue weighted by Gasteiger charge is -2.13. The maximum absolute atomic E-state index is 11.8. The van der Waals surface area contributed by atoms with E-state index in [1.807, 2.05) is 0 Å². The molecule has 0 radical (unpaired) electrons. The van der Waals surface area contributed by atoms with E-state index in [1.54, 1.807) is 18.2 Å². The van der Waals surface area contributed by atoms with Gasteiger partial charge < -0.3 is 15.5 Å². The lowest BCUT2D eigenvalue weighted by atomic mass is 10.1. The number of aliphatic carboxylic acids is 2. The fourth-order valence-corrected chi connectivity index (χ4v) is 1.80. The van der Waals surface area contributed by atoms with E-state index >= 15 is 0 Å². The highest BCUT2D eigenvalue weighted by atomic mass is 79.9. The molecule has 0 aliphatic rings. The molecule has 0 aromatic heterocycles. The topological polar surface area (TPSA) is 104 Å². The molecular weight excluding hydrogens is 318 g/mol. The predicted molar refractivity (Wildman–Crippen MR) is 69.9 cm³/mol. The van der Waals surface area contributed by atoms with Gasteiger partial charge in [0.1, 0.15) is 6.04 Å². The molecule has 102 valence electrons. The molecule has 1 aromatic carbocycles. The fraction of sp³-hybridized carbons (Fsp3) is 0.250. The normalized spacial score (nSPS) is 11.6. The van der Waals surface area contributed by atoms with E-state index < -0.39 is 23.9 Å². The van der Waals surface area contributed by atoms with Crippen molar-refractivity contribution in [2.24, 2.45) is 0 Å². The van der Waals surface area contributed by atoms with Crippen molar-refractivity contribution in [2.45, 2.75) is 18.9 Å². The number of carbonyl (C=O) groups excluding carboxylic acids is 1. The van der Waals surface area contributed by atoms with Crippen LogP contribution in [0.4, 0.5) is 0 Å². The Morgan fingerprint density at radius 2 is 1.95 bits per heavy atom. The Kier molecular flexibility index (Phi) is 5.50. The zero-order chi connectivity index (χ0) is 14.4. The van der Waals surface area contributed by atoms with Crippen molar-refractivity contribution in [3.05, 3.63) is 34.3 Å². The summed E-state index contributed by atoms with van der Waals surface area (Å²) in [6.07, 6.45) is -0.486. The Morgan fingerprint density at radius 1 is 1.26 bits per heavy atom. The van der Waals surface area contributed by atoms with Gasteiger partial charge in [-0.2, -0.15) is 0 Å². The number of carbonyl (C=O) groups is 3. The molecule has 0 aliphatic heterocycles. The number of halogens is 1. The quantitative estimate of drug-likeness (QED) is 0.733. The van der Waals surface area contributed by atoms with Crippen LogP contribution in [0.2, 0.25) is 0 Å². The number of hydrogen-bond donors (Lipinski definition) is 3. The molecule has 1 rings (SSSR count). The molecule has 0 spiro atoms. The van der Waals surface area contributed by atoms with E-state index in [-0.39, 0.29) is 12.8 Å². The van der Waals surface area contributed by atoms with Crippen LogP contribution >= 0.6 is 15.9 Å². The summed E-state index contributed by atoms with van der Waals surface area (Å²) in [6, 6.07) is 5.24. The molecule has 0 unspecified atom stereocenters. The van der Waals surface area contributed by atoms with Gasteiger partial charge >= 0.3 is 11.9 Å². The number of amides is 1. The number of carboxylic acids is 2.